The van der Waals surface area contributed by atoms with Gasteiger partial charge in [-0.3, -0.25) is 4.79 Å². The molecule has 2 aromatic rings. The molecule has 0 unspecified atom stereocenters. The maximum Gasteiger partial charge on any atom is 0.251 e. The highest BCUT2D eigenvalue weighted by molar-refractivity contribution is 7.89. The van der Waals surface area contributed by atoms with Crippen LogP contribution >= 0.6 is 0 Å². The number of nitrogens with one attached hydrogen (secondary N) is 2. The number of benzene rings is 2. The number of rotatable bonds is 10. The van der Waals surface area contributed by atoms with Crippen molar-refractivity contribution in [2.75, 3.05) is 27.4 Å². The van der Waals surface area contributed by atoms with Gasteiger partial charge in [-0.2, -0.15) is 0 Å². The van der Waals surface area contributed by atoms with Crippen LogP contribution in [-0.4, -0.2) is 47.7 Å². The van der Waals surface area contributed by atoms with Gasteiger partial charge in [0.1, 0.15) is 10.6 Å². The minimum absolute atomic E-state index is 0.0740. The van der Waals surface area contributed by atoms with Crippen molar-refractivity contribution in [1.29, 1.82) is 0 Å². The summed E-state index contributed by atoms with van der Waals surface area (Å²) < 4.78 is 38.3. The van der Waals surface area contributed by atoms with Gasteiger partial charge in [-0.25, -0.2) is 13.1 Å². The van der Waals surface area contributed by atoms with Gasteiger partial charge in [-0.15, -0.1) is 0 Å². The quantitative estimate of drug-likeness (QED) is 0.629. The number of carbonyl (C=O) groups excluding carboxylic acids is 1. The van der Waals surface area contributed by atoms with Crippen LogP contribution in [0.2, 0.25) is 0 Å². The summed E-state index contributed by atoms with van der Waals surface area (Å²) in [6.45, 7) is 2.39. The van der Waals surface area contributed by atoms with Crippen molar-refractivity contribution in [2.24, 2.45) is 0 Å². The zero-order valence-electron chi connectivity index (χ0n) is 16.3. The molecule has 0 aromatic heterocycles. The van der Waals surface area contributed by atoms with E-state index in [0.717, 1.165) is 5.56 Å². The molecule has 7 nitrogen and oxygen atoms in total. The van der Waals surface area contributed by atoms with E-state index < -0.39 is 10.0 Å². The second-order valence-electron chi connectivity index (χ2n) is 6.33. The fourth-order valence-corrected chi connectivity index (χ4v) is 3.90. The maximum atomic E-state index is 12.8. The van der Waals surface area contributed by atoms with Gasteiger partial charge < -0.3 is 14.8 Å². The number of ether oxygens (including phenoxy) is 2. The van der Waals surface area contributed by atoms with Crippen LogP contribution in [0.1, 0.15) is 22.8 Å². The number of methoxy groups -OCH3 is 2. The molecule has 1 atom stereocenters. The number of hydrogen-bond donors (Lipinski definition) is 2. The monoisotopic (exact) mass is 406 g/mol. The average molecular weight is 407 g/mol. The number of sulfonamides is 1. The third kappa shape index (κ3) is 6.05. The lowest BCUT2D eigenvalue weighted by molar-refractivity contribution is 0.0905. The highest BCUT2D eigenvalue weighted by Crippen LogP contribution is 2.25. The summed E-state index contributed by atoms with van der Waals surface area (Å²) in [6.07, 6.45) is 0.553. The Labute approximate surface area is 166 Å². The van der Waals surface area contributed by atoms with Crippen molar-refractivity contribution in [1.82, 2.24) is 10.0 Å². The van der Waals surface area contributed by atoms with Crippen molar-refractivity contribution in [3.63, 3.8) is 0 Å². The summed E-state index contributed by atoms with van der Waals surface area (Å²) in [5, 5.41) is 2.76. The summed E-state index contributed by atoms with van der Waals surface area (Å²) in [4.78, 5) is 12.3. The molecule has 0 aliphatic heterocycles. The highest BCUT2D eigenvalue weighted by atomic mass is 32.2. The predicted octanol–water partition coefficient (Wildman–Crippen LogP) is 1.98. The van der Waals surface area contributed by atoms with Gasteiger partial charge in [-0.05, 0) is 37.1 Å². The molecule has 2 N–H and O–H groups in total. The Balaban J connectivity index is 2.15. The van der Waals surface area contributed by atoms with Gasteiger partial charge in [0, 0.05) is 25.3 Å². The first-order valence-corrected chi connectivity index (χ1v) is 10.4. The Kier molecular flexibility index (Phi) is 7.98. The van der Waals surface area contributed by atoms with Crippen molar-refractivity contribution in [3.8, 4) is 5.75 Å². The summed E-state index contributed by atoms with van der Waals surface area (Å²) >= 11 is 0. The molecule has 0 aliphatic carbocycles. The van der Waals surface area contributed by atoms with E-state index in [1.165, 1.54) is 25.3 Å². The van der Waals surface area contributed by atoms with Crippen LogP contribution in [0, 0.1) is 0 Å². The number of hydrogen-bond acceptors (Lipinski definition) is 5. The molecule has 2 rings (SSSR count). The fraction of sp³-hybridized carbons (Fsp3) is 0.350. The topological polar surface area (TPSA) is 93.7 Å². The van der Waals surface area contributed by atoms with Crippen LogP contribution < -0.4 is 14.8 Å². The normalized spacial score (nSPS) is 12.4. The van der Waals surface area contributed by atoms with Crippen molar-refractivity contribution < 1.29 is 22.7 Å². The molecule has 28 heavy (non-hydrogen) atoms. The Morgan fingerprint density at radius 3 is 2.46 bits per heavy atom. The van der Waals surface area contributed by atoms with Gasteiger partial charge in [0.25, 0.3) is 5.91 Å². The smallest absolute Gasteiger partial charge is 0.251 e. The van der Waals surface area contributed by atoms with Crippen LogP contribution in [0.4, 0.5) is 0 Å². The van der Waals surface area contributed by atoms with E-state index in [-0.39, 0.29) is 34.7 Å². The average Bonchev–Trinajstić information content (AvgIpc) is 2.68. The predicted molar refractivity (Wildman–Crippen MR) is 107 cm³/mol. The van der Waals surface area contributed by atoms with E-state index in [2.05, 4.69) is 10.0 Å². The Bertz CT molecular complexity index is 885. The minimum atomic E-state index is -3.85. The summed E-state index contributed by atoms with van der Waals surface area (Å²) in [7, 11) is -0.916. The Morgan fingerprint density at radius 2 is 1.82 bits per heavy atom. The third-order valence-corrected chi connectivity index (χ3v) is 5.54. The standard InChI is InChI=1S/C20H26N2O5S/c1-15(14-26-2)22-20(23)17-9-10-18(27-3)19(13-17)28(24,25)21-12-11-16-7-5-4-6-8-16/h4-10,13,15,21H,11-12,14H2,1-3H3,(H,22,23)/t15-/m0/s1. The lowest BCUT2D eigenvalue weighted by Crippen LogP contribution is -2.35. The molecule has 152 valence electrons. The van der Waals surface area contributed by atoms with Crippen LogP contribution in [0.25, 0.3) is 0 Å². The molecular formula is C20H26N2O5S. The molecular weight excluding hydrogens is 380 g/mol. The SMILES string of the molecule is COC[C@H](C)NC(=O)c1ccc(OC)c(S(=O)(=O)NCCc2ccccc2)c1. The van der Waals surface area contributed by atoms with E-state index >= 15 is 0 Å². The fourth-order valence-electron chi connectivity index (χ4n) is 2.68. The molecule has 0 aliphatic rings. The Morgan fingerprint density at radius 1 is 1.11 bits per heavy atom. The molecule has 0 heterocycles. The van der Waals surface area contributed by atoms with E-state index in [1.807, 2.05) is 30.3 Å². The zero-order chi connectivity index (χ0) is 20.6. The molecule has 0 bridgehead atoms. The van der Waals surface area contributed by atoms with Gasteiger partial charge in [0.05, 0.1) is 13.7 Å². The van der Waals surface area contributed by atoms with Crippen LogP contribution in [0.5, 0.6) is 5.75 Å². The summed E-state index contributed by atoms with van der Waals surface area (Å²) in [5.41, 5.74) is 1.25. The second-order valence-corrected chi connectivity index (χ2v) is 8.06. The lowest BCUT2D eigenvalue weighted by Gasteiger charge is -2.15. The number of amides is 1. The molecule has 0 fully saturated rings. The molecule has 0 saturated heterocycles. The van der Waals surface area contributed by atoms with Crippen LogP contribution in [0.15, 0.2) is 53.4 Å². The van der Waals surface area contributed by atoms with E-state index in [1.54, 1.807) is 14.0 Å². The number of carbonyl (C=O) groups is 1. The van der Waals surface area contributed by atoms with Crippen LogP contribution in [0.3, 0.4) is 0 Å². The van der Waals surface area contributed by atoms with Crippen molar-refractivity contribution >= 4 is 15.9 Å². The van der Waals surface area contributed by atoms with Crippen molar-refractivity contribution in [3.05, 3.63) is 59.7 Å². The molecule has 0 saturated carbocycles. The van der Waals surface area contributed by atoms with Gasteiger partial charge in [0.2, 0.25) is 10.0 Å². The van der Waals surface area contributed by atoms with E-state index in [0.29, 0.717) is 13.0 Å². The highest BCUT2D eigenvalue weighted by Gasteiger charge is 2.22. The molecule has 2 aromatic carbocycles. The maximum absolute atomic E-state index is 12.8. The molecule has 8 heteroatoms. The second kappa shape index (κ2) is 10.2. The van der Waals surface area contributed by atoms with E-state index in [4.69, 9.17) is 9.47 Å². The third-order valence-electron chi connectivity index (χ3n) is 4.06. The molecule has 1 amide bonds. The van der Waals surface area contributed by atoms with Crippen molar-refractivity contribution in [2.45, 2.75) is 24.3 Å². The van der Waals surface area contributed by atoms with Gasteiger partial charge >= 0.3 is 0 Å². The zero-order valence-corrected chi connectivity index (χ0v) is 17.1. The van der Waals surface area contributed by atoms with E-state index in [9.17, 15) is 13.2 Å². The first-order chi connectivity index (χ1) is 13.4. The lowest BCUT2D eigenvalue weighted by atomic mass is 10.2. The minimum Gasteiger partial charge on any atom is -0.495 e. The largest absolute Gasteiger partial charge is 0.495 e. The Hall–Kier alpha value is -2.42. The first kappa shape index (κ1) is 21.9. The molecule has 0 radical (unpaired) electrons. The molecule has 0 spiro atoms. The summed E-state index contributed by atoms with van der Waals surface area (Å²) in [5.74, 6) is -0.207. The summed E-state index contributed by atoms with van der Waals surface area (Å²) in [6, 6.07) is 13.7. The van der Waals surface area contributed by atoms with Crippen LogP contribution in [-0.2, 0) is 21.2 Å². The first-order valence-electron chi connectivity index (χ1n) is 8.89. The van der Waals surface area contributed by atoms with Gasteiger partial charge in [-0.1, -0.05) is 30.3 Å². The van der Waals surface area contributed by atoms with Gasteiger partial charge in [0.15, 0.2) is 0 Å².